The van der Waals surface area contributed by atoms with Gasteiger partial charge in [0.05, 0.1) is 0 Å². The molecule has 2 N–H and O–H groups in total. The van der Waals surface area contributed by atoms with Crippen LogP contribution in [0.4, 0.5) is 0 Å². The number of carbonyl (C=O) groups is 1. The minimum absolute atomic E-state index is 0.117. The molecule has 0 aromatic heterocycles. The van der Waals surface area contributed by atoms with Gasteiger partial charge in [0.15, 0.2) is 0 Å². The fourth-order valence-corrected chi connectivity index (χ4v) is 4.00. The van der Waals surface area contributed by atoms with Gasteiger partial charge in [-0.1, -0.05) is 28.1 Å². The third kappa shape index (κ3) is 2.14. The van der Waals surface area contributed by atoms with Crippen LogP contribution in [-0.2, 0) is 11.2 Å². The second kappa shape index (κ2) is 4.78. The normalized spacial score (nSPS) is 33.9. The maximum absolute atomic E-state index is 12.4. The van der Waals surface area contributed by atoms with Crippen LogP contribution < -0.4 is 5.73 Å². The third-order valence-electron chi connectivity index (χ3n) is 4.64. The van der Waals surface area contributed by atoms with Gasteiger partial charge in [-0.05, 0) is 48.8 Å². The molecule has 0 radical (unpaired) electrons. The molecule has 3 heteroatoms. The summed E-state index contributed by atoms with van der Waals surface area (Å²) in [6.07, 6.45) is 4.15. The van der Waals surface area contributed by atoms with Crippen LogP contribution in [0.15, 0.2) is 28.7 Å². The Balaban J connectivity index is 1.70. The predicted molar refractivity (Wildman–Crippen MR) is 75.1 cm³/mol. The molecule has 2 fully saturated rings. The van der Waals surface area contributed by atoms with Crippen LogP contribution in [0.2, 0.25) is 0 Å². The van der Waals surface area contributed by atoms with E-state index in [0.717, 1.165) is 10.0 Å². The summed E-state index contributed by atoms with van der Waals surface area (Å²) in [4.78, 5) is 12.4. The van der Waals surface area contributed by atoms with E-state index < -0.39 is 0 Å². The number of halogens is 1. The molecular formula is C15H18BrNO. The molecule has 0 saturated heterocycles. The van der Waals surface area contributed by atoms with E-state index in [4.69, 9.17) is 5.73 Å². The molecule has 4 atom stereocenters. The van der Waals surface area contributed by atoms with Crippen molar-refractivity contribution >= 4 is 21.7 Å². The molecule has 18 heavy (non-hydrogen) atoms. The number of fused-ring (bicyclic) bond motifs is 2. The van der Waals surface area contributed by atoms with Crippen molar-refractivity contribution in [1.29, 1.82) is 0 Å². The molecule has 2 nitrogen and oxygen atoms in total. The van der Waals surface area contributed by atoms with Gasteiger partial charge in [-0.25, -0.2) is 0 Å². The van der Waals surface area contributed by atoms with Gasteiger partial charge >= 0.3 is 0 Å². The highest BCUT2D eigenvalue weighted by molar-refractivity contribution is 9.10. The topological polar surface area (TPSA) is 43.1 Å². The Morgan fingerprint density at radius 3 is 2.50 bits per heavy atom. The highest BCUT2D eigenvalue weighted by atomic mass is 79.9. The number of ketones is 1. The standard InChI is InChI=1S/C15H18BrNO/c16-12-5-1-9(2-6-12)7-13(18)14-10-3-4-11(8-10)15(14)17/h1-2,5-6,10-11,14-15H,3-4,7-8,17H2. The van der Waals surface area contributed by atoms with Crippen molar-refractivity contribution in [2.45, 2.75) is 31.7 Å². The van der Waals surface area contributed by atoms with Crippen LogP contribution >= 0.6 is 15.9 Å². The Kier molecular flexibility index (Phi) is 3.29. The zero-order chi connectivity index (χ0) is 12.7. The molecule has 0 aliphatic heterocycles. The van der Waals surface area contributed by atoms with Crippen molar-refractivity contribution in [1.82, 2.24) is 0 Å². The predicted octanol–water partition coefficient (Wildman–Crippen LogP) is 2.93. The number of hydrogen-bond donors (Lipinski definition) is 1. The van der Waals surface area contributed by atoms with E-state index in [1.54, 1.807) is 0 Å². The number of rotatable bonds is 3. The van der Waals surface area contributed by atoms with Crippen LogP contribution in [0.3, 0.4) is 0 Å². The van der Waals surface area contributed by atoms with Crippen LogP contribution in [0, 0.1) is 17.8 Å². The van der Waals surface area contributed by atoms with E-state index in [0.29, 0.717) is 24.0 Å². The smallest absolute Gasteiger partial charge is 0.142 e. The molecule has 3 rings (SSSR count). The summed E-state index contributed by atoms with van der Waals surface area (Å²) in [5.74, 6) is 1.63. The summed E-state index contributed by atoms with van der Waals surface area (Å²) < 4.78 is 1.05. The summed E-state index contributed by atoms with van der Waals surface area (Å²) in [7, 11) is 0. The third-order valence-corrected chi connectivity index (χ3v) is 5.17. The Hall–Kier alpha value is -0.670. The fourth-order valence-electron chi connectivity index (χ4n) is 3.73. The Labute approximate surface area is 116 Å². The SMILES string of the molecule is NC1C2CCC(C2)C1C(=O)Cc1ccc(Br)cc1. The molecule has 0 heterocycles. The Bertz CT molecular complexity index is 454. The molecule has 1 aromatic carbocycles. The summed E-state index contributed by atoms with van der Waals surface area (Å²) >= 11 is 3.41. The average Bonchev–Trinajstić information content (AvgIpc) is 2.92. The molecule has 2 aliphatic rings. The van der Waals surface area contributed by atoms with Gasteiger partial charge in [0.25, 0.3) is 0 Å². The minimum Gasteiger partial charge on any atom is -0.327 e. The zero-order valence-electron chi connectivity index (χ0n) is 10.3. The molecule has 0 amide bonds. The van der Waals surface area contributed by atoms with Gasteiger partial charge < -0.3 is 5.73 Å². The van der Waals surface area contributed by atoms with Crippen molar-refractivity contribution in [3.05, 3.63) is 34.3 Å². The number of nitrogens with two attached hydrogens (primary N) is 1. The summed E-state index contributed by atoms with van der Waals surface area (Å²) in [6.45, 7) is 0. The van der Waals surface area contributed by atoms with Crippen LogP contribution in [0.25, 0.3) is 0 Å². The lowest BCUT2D eigenvalue weighted by Crippen LogP contribution is -2.40. The lowest BCUT2D eigenvalue weighted by atomic mass is 9.80. The second-order valence-corrected chi connectivity index (χ2v) is 6.62. The van der Waals surface area contributed by atoms with E-state index in [1.807, 2.05) is 24.3 Å². The molecule has 1 aromatic rings. The molecular weight excluding hydrogens is 290 g/mol. The molecule has 2 saturated carbocycles. The van der Waals surface area contributed by atoms with E-state index >= 15 is 0 Å². The van der Waals surface area contributed by atoms with Crippen molar-refractivity contribution in [3.63, 3.8) is 0 Å². The van der Waals surface area contributed by atoms with E-state index in [9.17, 15) is 4.79 Å². The van der Waals surface area contributed by atoms with Gasteiger partial charge in [-0.15, -0.1) is 0 Å². The van der Waals surface area contributed by atoms with Crippen molar-refractivity contribution in [2.75, 3.05) is 0 Å². The maximum atomic E-state index is 12.4. The Morgan fingerprint density at radius 1 is 1.22 bits per heavy atom. The first-order valence-corrected chi connectivity index (χ1v) is 7.47. The fraction of sp³-hybridized carbons (Fsp3) is 0.533. The second-order valence-electron chi connectivity index (χ2n) is 5.71. The number of Topliss-reactive ketones (excluding diaryl/α,β-unsaturated/α-hetero) is 1. The largest absolute Gasteiger partial charge is 0.327 e. The number of benzene rings is 1. The van der Waals surface area contributed by atoms with Gasteiger partial charge in [0, 0.05) is 22.9 Å². The maximum Gasteiger partial charge on any atom is 0.142 e. The van der Waals surface area contributed by atoms with Gasteiger partial charge in [-0.2, -0.15) is 0 Å². The molecule has 2 bridgehead atoms. The molecule has 0 spiro atoms. The van der Waals surface area contributed by atoms with Crippen LogP contribution in [0.5, 0.6) is 0 Å². The van der Waals surface area contributed by atoms with E-state index in [1.165, 1.54) is 19.3 Å². The van der Waals surface area contributed by atoms with Gasteiger partial charge in [0.2, 0.25) is 0 Å². The molecule has 4 unspecified atom stereocenters. The first-order valence-electron chi connectivity index (χ1n) is 6.68. The first-order chi connectivity index (χ1) is 8.65. The number of hydrogen-bond acceptors (Lipinski definition) is 2. The molecule has 2 aliphatic carbocycles. The summed E-state index contributed by atoms with van der Waals surface area (Å²) in [5.41, 5.74) is 7.31. The highest BCUT2D eigenvalue weighted by Crippen LogP contribution is 2.48. The zero-order valence-corrected chi connectivity index (χ0v) is 11.9. The van der Waals surface area contributed by atoms with E-state index in [2.05, 4.69) is 15.9 Å². The van der Waals surface area contributed by atoms with Gasteiger partial charge in [-0.3, -0.25) is 4.79 Å². The van der Waals surface area contributed by atoms with Crippen LogP contribution in [-0.4, -0.2) is 11.8 Å². The highest BCUT2D eigenvalue weighted by Gasteiger charge is 2.48. The van der Waals surface area contributed by atoms with Crippen molar-refractivity contribution < 1.29 is 4.79 Å². The van der Waals surface area contributed by atoms with E-state index in [-0.39, 0.29) is 12.0 Å². The molecule has 96 valence electrons. The lowest BCUT2D eigenvalue weighted by molar-refractivity contribution is -0.124. The van der Waals surface area contributed by atoms with Gasteiger partial charge in [0.1, 0.15) is 5.78 Å². The summed E-state index contributed by atoms with van der Waals surface area (Å²) in [5, 5.41) is 0. The monoisotopic (exact) mass is 307 g/mol. The number of carbonyl (C=O) groups excluding carboxylic acids is 1. The first kappa shape index (κ1) is 12.4. The van der Waals surface area contributed by atoms with Crippen LogP contribution in [0.1, 0.15) is 24.8 Å². The summed E-state index contributed by atoms with van der Waals surface area (Å²) in [6, 6.07) is 8.13. The average molecular weight is 308 g/mol. The lowest BCUT2D eigenvalue weighted by Gasteiger charge is -2.26. The Morgan fingerprint density at radius 2 is 1.89 bits per heavy atom. The minimum atomic E-state index is 0.117. The van der Waals surface area contributed by atoms with Crippen molar-refractivity contribution in [2.24, 2.45) is 23.5 Å². The van der Waals surface area contributed by atoms with Crippen molar-refractivity contribution in [3.8, 4) is 0 Å². The quantitative estimate of drug-likeness (QED) is 0.933.